The molecular formula is C8H14ClNO. The third kappa shape index (κ3) is 1.74. The van der Waals surface area contributed by atoms with Gasteiger partial charge < -0.3 is 0 Å². The molecule has 0 bridgehead atoms. The van der Waals surface area contributed by atoms with Gasteiger partial charge in [-0.1, -0.05) is 0 Å². The Hall–Kier alpha value is -0.0800. The third-order valence-electron chi connectivity index (χ3n) is 2.38. The van der Waals surface area contributed by atoms with Crippen LogP contribution in [0, 0.1) is 0 Å². The molecule has 0 aromatic heterocycles. The summed E-state index contributed by atoms with van der Waals surface area (Å²) in [6, 6.07) is 0. The van der Waals surface area contributed by atoms with Gasteiger partial charge in [0.25, 0.3) is 0 Å². The van der Waals surface area contributed by atoms with E-state index in [1.54, 1.807) is 0 Å². The van der Waals surface area contributed by atoms with Crippen LogP contribution in [0.2, 0.25) is 0 Å². The van der Waals surface area contributed by atoms with Gasteiger partial charge in [0.05, 0.1) is 5.54 Å². The number of nitrogens with zero attached hydrogens (tertiary/aromatic N) is 1. The maximum atomic E-state index is 11.0. The van der Waals surface area contributed by atoms with Crippen LogP contribution in [0.3, 0.4) is 0 Å². The van der Waals surface area contributed by atoms with Gasteiger partial charge in [-0.25, -0.2) is 0 Å². The van der Waals surface area contributed by atoms with Gasteiger partial charge in [-0.3, -0.25) is 9.69 Å². The Morgan fingerprint density at radius 2 is 1.82 bits per heavy atom. The summed E-state index contributed by atoms with van der Waals surface area (Å²) in [6.07, 6.45) is 2.38. The number of likely N-dealkylation sites (tertiary alicyclic amines) is 1. The van der Waals surface area contributed by atoms with Crippen molar-refractivity contribution in [2.24, 2.45) is 0 Å². The molecular weight excluding hydrogens is 162 g/mol. The summed E-state index contributed by atoms with van der Waals surface area (Å²) in [7, 11) is 0. The van der Waals surface area contributed by atoms with Crippen LogP contribution in [-0.2, 0) is 4.79 Å². The molecule has 0 N–H and O–H groups in total. The molecule has 0 aromatic carbocycles. The summed E-state index contributed by atoms with van der Waals surface area (Å²) < 4.78 is 0. The van der Waals surface area contributed by atoms with Crippen LogP contribution >= 0.6 is 11.6 Å². The van der Waals surface area contributed by atoms with Gasteiger partial charge >= 0.3 is 0 Å². The minimum Gasteiger partial charge on any atom is -0.290 e. The highest BCUT2D eigenvalue weighted by molar-refractivity contribution is 6.65. The Labute approximate surface area is 72.5 Å². The van der Waals surface area contributed by atoms with Crippen molar-refractivity contribution in [1.29, 1.82) is 0 Å². The number of rotatable bonds is 2. The zero-order chi connectivity index (χ0) is 8.48. The number of hydrogen-bond acceptors (Lipinski definition) is 2. The number of carbonyl (C=O) groups is 1. The molecule has 0 unspecified atom stereocenters. The molecule has 64 valence electrons. The second-order valence-corrected chi connectivity index (χ2v) is 3.87. The highest BCUT2D eigenvalue weighted by Gasteiger charge is 2.34. The first-order valence-corrected chi connectivity index (χ1v) is 4.38. The van der Waals surface area contributed by atoms with E-state index in [-0.39, 0.29) is 5.24 Å². The summed E-state index contributed by atoms with van der Waals surface area (Å²) in [6.45, 7) is 5.78. The summed E-state index contributed by atoms with van der Waals surface area (Å²) in [5.74, 6) is 0. The minimum atomic E-state index is -0.460. The molecule has 0 atom stereocenters. The molecule has 1 rings (SSSR count). The van der Waals surface area contributed by atoms with E-state index in [1.807, 2.05) is 13.8 Å². The maximum absolute atomic E-state index is 11.0. The smallest absolute Gasteiger partial charge is 0.241 e. The van der Waals surface area contributed by atoms with Crippen molar-refractivity contribution in [3.63, 3.8) is 0 Å². The van der Waals surface area contributed by atoms with Gasteiger partial charge in [0.15, 0.2) is 0 Å². The van der Waals surface area contributed by atoms with Crippen molar-refractivity contribution in [2.45, 2.75) is 32.2 Å². The van der Waals surface area contributed by atoms with Crippen LogP contribution in [0.5, 0.6) is 0 Å². The first kappa shape index (κ1) is 9.01. The molecule has 0 amide bonds. The lowest BCUT2D eigenvalue weighted by atomic mass is 10.1. The minimum absolute atomic E-state index is 0.251. The van der Waals surface area contributed by atoms with Crippen LogP contribution in [0.15, 0.2) is 0 Å². The number of hydrogen-bond donors (Lipinski definition) is 0. The van der Waals surface area contributed by atoms with Crippen molar-refractivity contribution in [2.75, 3.05) is 13.1 Å². The first-order valence-electron chi connectivity index (χ1n) is 4.00. The van der Waals surface area contributed by atoms with Gasteiger partial charge in [-0.2, -0.15) is 0 Å². The zero-order valence-corrected chi connectivity index (χ0v) is 7.82. The van der Waals surface area contributed by atoms with Gasteiger partial charge in [0.2, 0.25) is 5.24 Å². The van der Waals surface area contributed by atoms with Crippen molar-refractivity contribution in [3.8, 4) is 0 Å². The molecule has 2 nitrogen and oxygen atoms in total. The van der Waals surface area contributed by atoms with E-state index in [2.05, 4.69) is 4.90 Å². The van der Waals surface area contributed by atoms with Gasteiger partial charge in [-0.05, 0) is 51.4 Å². The fourth-order valence-corrected chi connectivity index (χ4v) is 1.52. The predicted octanol–water partition coefficient (Wildman–Crippen LogP) is 1.63. The summed E-state index contributed by atoms with van der Waals surface area (Å²) in [4.78, 5) is 13.1. The third-order valence-corrected chi connectivity index (χ3v) is 2.84. The molecule has 0 aromatic rings. The summed E-state index contributed by atoms with van der Waals surface area (Å²) >= 11 is 5.47. The average molecular weight is 176 g/mol. The van der Waals surface area contributed by atoms with E-state index >= 15 is 0 Å². The summed E-state index contributed by atoms with van der Waals surface area (Å²) in [5, 5.41) is -0.251. The molecule has 1 fully saturated rings. The molecule has 3 heteroatoms. The van der Waals surface area contributed by atoms with E-state index in [0.29, 0.717) is 0 Å². The van der Waals surface area contributed by atoms with E-state index < -0.39 is 5.54 Å². The van der Waals surface area contributed by atoms with E-state index in [0.717, 1.165) is 13.1 Å². The zero-order valence-electron chi connectivity index (χ0n) is 7.06. The second kappa shape index (κ2) is 3.11. The van der Waals surface area contributed by atoms with Crippen LogP contribution in [0.1, 0.15) is 26.7 Å². The Morgan fingerprint density at radius 1 is 1.36 bits per heavy atom. The maximum Gasteiger partial charge on any atom is 0.241 e. The fraction of sp³-hybridized carbons (Fsp3) is 0.875. The topological polar surface area (TPSA) is 20.3 Å². The lowest BCUT2D eigenvalue weighted by molar-refractivity contribution is -0.120. The standard InChI is InChI=1S/C8H14ClNO/c1-8(2,7(9)11)10-5-3-4-6-10/h3-6H2,1-2H3. The molecule has 1 aliphatic heterocycles. The van der Waals surface area contributed by atoms with Crippen LogP contribution in [0.25, 0.3) is 0 Å². The lowest BCUT2D eigenvalue weighted by Crippen LogP contribution is -2.46. The molecule has 0 radical (unpaired) electrons. The molecule has 1 aliphatic rings. The fourth-order valence-electron chi connectivity index (χ4n) is 1.40. The number of halogens is 1. The molecule has 11 heavy (non-hydrogen) atoms. The van der Waals surface area contributed by atoms with E-state index in [4.69, 9.17) is 11.6 Å². The Bertz CT molecular complexity index is 161. The SMILES string of the molecule is CC(C)(C(=O)Cl)N1CCCC1. The van der Waals surface area contributed by atoms with Crippen LogP contribution in [0.4, 0.5) is 0 Å². The van der Waals surface area contributed by atoms with Gasteiger partial charge in [0, 0.05) is 0 Å². The Kier molecular flexibility index (Phi) is 2.55. The largest absolute Gasteiger partial charge is 0.290 e. The quantitative estimate of drug-likeness (QED) is 0.595. The highest BCUT2D eigenvalue weighted by Crippen LogP contribution is 2.22. The van der Waals surface area contributed by atoms with Crippen molar-refractivity contribution in [1.82, 2.24) is 4.90 Å². The molecule has 0 spiro atoms. The second-order valence-electron chi connectivity index (χ2n) is 3.53. The Morgan fingerprint density at radius 3 is 2.18 bits per heavy atom. The molecule has 0 aliphatic carbocycles. The highest BCUT2D eigenvalue weighted by atomic mass is 35.5. The van der Waals surface area contributed by atoms with E-state index in [9.17, 15) is 4.79 Å². The molecule has 1 saturated heterocycles. The monoisotopic (exact) mass is 175 g/mol. The number of carbonyl (C=O) groups excluding carboxylic acids is 1. The van der Waals surface area contributed by atoms with Crippen molar-refractivity contribution < 1.29 is 4.79 Å². The molecule has 1 heterocycles. The van der Waals surface area contributed by atoms with Gasteiger partial charge in [0.1, 0.15) is 0 Å². The summed E-state index contributed by atoms with van der Waals surface area (Å²) in [5.41, 5.74) is -0.460. The average Bonchev–Trinajstić information content (AvgIpc) is 2.37. The van der Waals surface area contributed by atoms with Crippen molar-refractivity contribution in [3.05, 3.63) is 0 Å². The van der Waals surface area contributed by atoms with Gasteiger partial charge in [-0.15, -0.1) is 0 Å². The predicted molar refractivity (Wildman–Crippen MR) is 45.7 cm³/mol. The van der Waals surface area contributed by atoms with Crippen molar-refractivity contribution >= 4 is 16.8 Å². The van der Waals surface area contributed by atoms with Crippen LogP contribution < -0.4 is 0 Å². The van der Waals surface area contributed by atoms with Crippen LogP contribution in [-0.4, -0.2) is 28.8 Å². The lowest BCUT2D eigenvalue weighted by Gasteiger charge is -2.31. The normalized spacial score (nSPS) is 20.6. The molecule has 0 saturated carbocycles. The Balaban J connectivity index is 2.62. The van der Waals surface area contributed by atoms with E-state index in [1.165, 1.54) is 12.8 Å². The first-order chi connectivity index (χ1) is 5.05.